The summed E-state index contributed by atoms with van der Waals surface area (Å²) in [4.78, 5) is 12.8. The van der Waals surface area contributed by atoms with E-state index in [0.29, 0.717) is 25.2 Å². The minimum absolute atomic E-state index is 0.0106. The number of rotatable bonds is 2. The fourth-order valence-electron chi connectivity index (χ4n) is 2.28. The van der Waals surface area contributed by atoms with E-state index in [9.17, 15) is 9.18 Å². The van der Waals surface area contributed by atoms with E-state index in [1.165, 1.54) is 12.1 Å². The molecule has 0 aromatic heterocycles. The zero-order valence-electron chi connectivity index (χ0n) is 9.77. The van der Waals surface area contributed by atoms with E-state index in [-0.39, 0.29) is 5.56 Å². The molecule has 0 radical (unpaired) electrons. The van der Waals surface area contributed by atoms with Gasteiger partial charge in [0.1, 0.15) is 17.4 Å². The molecule has 1 aromatic carbocycles. The van der Waals surface area contributed by atoms with Gasteiger partial charge in [0.2, 0.25) is 0 Å². The van der Waals surface area contributed by atoms with Crippen LogP contribution in [-0.4, -0.2) is 24.2 Å². The van der Waals surface area contributed by atoms with Gasteiger partial charge in [-0.1, -0.05) is 6.07 Å². The van der Waals surface area contributed by atoms with Crippen molar-refractivity contribution >= 4 is 11.7 Å². The highest BCUT2D eigenvalue weighted by Gasteiger charge is 2.27. The van der Waals surface area contributed by atoms with Crippen LogP contribution in [0.25, 0.3) is 0 Å². The SMILES string of the molecule is N#Cc1c(F)cccc1N1CCC[C@@H](C(=O)O)C1. The lowest BCUT2D eigenvalue weighted by atomic mass is 9.97. The van der Waals surface area contributed by atoms with Crippen molar-refractivity contribution in [2.45, 2.75) is 12.8 Å². The van der Waals surface area contributed by atoms with Crippen molar-refractivity contribution in [2.24, 2.45) is 5.92 Å². The Hall–Kier alpha value is -2.09. The lowest BCUT2D eigenvalue weighted by molar-refractivity contribution is -0.141. The minimum atomic E-state index is -0.838. The van der Waals surface area contributed by atoms with Crippen LogP contribution in [0.3, 0.4) is 0 Å². The second-order valence-electron chi connectivity index (χ2n) is 4.37. The molecule has 1 aliphatic heterocycles. The quantitative estimate of drug-likeness (QED) is 0.869. The summed E-state index contributed by atoms with van der Waals surface area (Å²) >= 11 is 0. The maximum atomic E-state index is 13.5. The van der Waals surface area contributed by atoms with Crippen molar-refractivity contribution in [3.05, 3.63) is 29.6 Å². The van der Waals surface area contributed by atoms with Crippen molar-refractivity contribution in [3.8, 4) is 6.07 Å². The smallest absolute Gasteiger partial charge is 0.308 e. The number of benzene rings is 1. The maximum absolute atomic E-state index is 13.5. The zero-order valence-corrected chi connectivity index (χ0v) is 9.77. The summed E-state index contributed by atoms with van der Waals surface area (Å²) in [7, 11) is 0. The third-order valence-electron chi connectivity index (χ3n) is 3.21. The second kappa shape index (κ2) is 5.05. The number of nitrogens with zero attached hydrogens (tertiary/aromatic N) is 2. The molecule has 1 heterocycles. The predicted octanol–water partition coefficient (Wildman–Crippen LogP) is 2.00. The molecule has 2 rings (SSSR count). The van der Waals surface area contributed by atoms with Gasteiger partial charge in [0.05, 0.1) is 11.6 Å². The van der Waals surface area contributed by atoms with Crippen LogP contribution < -0.4 is 4.90 Å². The Bertz CT molecular complexity index is 510. The average Bonchev–Trinajstić information content (AvgIpc) is 2.38. The van der Waals surface area contributed by atoms with Gasteiger partial charge in [0, 0.05) is 13.1 Å². The molecular weight excluding hydrogens is 235 g/mol. The number of halogens is 1. The number of aliphatic carboxylic acids is 1. The zero-order chi connectivity index (χ0) is 13.1. The first-order valence-corrected chi connectivity index (χ1v) is 5.80. The van der Waals surface area contributed by atoms with E-state index in [4.69, 9.17) is 10.4 Å². The van der Waals surface area contributed by atoms with Gasteiger partial charge in [0.25, 0.3) is 0 Å². The van der Waals surface area contributed by atoms with Gasteiger partial charge >= 0.3 is 5.97 Å². The fraction of sp³-hybridized carbons (Fsp3) is 0.385. The number of carboxylic acids is 1. The lowest BCUT2D eigenvalue weighted by Gasteiger charge is -2.33. The van der Waals surface area contributed by atoms with Crippen LogP contribution in [0.4, 0.5) is 10.1 Å². The normalized spacial score (nSPS) is 19.3. The van der Waals surface area contributed by atoms with Gasteiger partial charge in [-0.3, -0.25) is 4.79 Å². The molecule has 0 bridgehead atoms. The molecule has 1 N–H and O–H groups in total. The van der Waals surface area contributed by atoms with Crippen molar-refractivity contribution in [3.63, 3.8) is 0 Å². The van der Waals surface area contributed by atoms with Crippen molar-refractivity contribution in [1.29, 1.82) is 5.26 Å². The summed E-state index contributed by atoms with van der Waals surface area (Å²) in [5.41, 5.74) is 0.479. The Morgan fingerprint density at radius 1 is 1.56 bits per heavy atom. The monoisotopic (exact) mass is 248 g/mol. The molecule has 1 aromatic rings. The topological polar surface area (TPSA) is 64.3 Å². The van der Waals surface area contributed by atoms with Crippen LogP contribution in [-0.2, 0) is 4.79 Å². The van der Waals surface area contributed by atoms with Gasteiger partial charge in [-0.05, 0) is 25.0 Å². The summed E-state index contributed by atoms with van der Waals surface area (Å²) in [6.07, 6.45) is 1.36. The summed E-state index contributed by atoms with van der Waals surface area (Å²) in [5.74, 6) is -1.85. The van der Waals surface area contributed by atoms with Gasteiger partial charge in [-0.15, -0.1) is 0 Å². The van der Waals surface area contributed by atoms with Crippen LogP contribution in [0, 0.1) is 23.1 Å². The van der Waals surface area contributed by atoms with Gasteiger partial charge in [-0.25, -0.2) is 4.39 Å². The van der Waals surface area contributed by atoms with Gasteiger partial charge in [0.15, 0.2) is 0 Å². The summed E-state index contributed by atoms with van der Waals surface area (Å²) in [5, 5.41) is 18.0. The first-order valence-electron chi connectivity index (χ1n) is 5.80. The van der Waals surface area contributed by atoms with Crippen LogP contribution in [0.15, 0.2) is 18.2 Å². The maximum Gasteiger partial charge on any atom is 0.308 e. The number of piperidine rings is 1. The van der Waals surface area contributed by atoms with Crippen LogP contribution in [0.1, 0.15) is 18.4 Å². The molecule has 0 amide bonds. The molecule has 1 saturated heterocycles. The van der Waals surface area contributed by atoms with E-state index in [1.54, 1.807) is 11.0 Å². The number of carbonyl (C=O) groups is 1. The molecule has 94 valence electrons. The van der Waals surface area contributed by atoms with E-state index in [0.717, 1.165) is 6.42 Å². The third kappa shape index (κ3) is 2.28. The Morgan fingerprint density at radius 2 is 2.33 bits per heavy atom. The number of anilines is 1. The Balaban J connectivity index is 2.29. The molecule has 18 heavy (non-hydrogen) atoms. The Morgan fingerprint density at radius 3 is 3.00 bits per heavy atom. The highest BCUT2D eigenvalue weighted by molar-refractivity contribution is 5.72. The van der Waals surface area contributed by atoms with Crippen molar-refractivity contribution in [2.75, 3.05) is 18.0 Å². The fourth-order valence-corrected chi connectivity index (χ4v) is 2.28. The largest absolute Gasteiger partial charge is 0.481 e. The summed E-state index contributed by atoms with van der Waals surface area (Å²) < 4.78 is 13.5. The molecule has 1 fully saturated rings. The first kappa shape index (κ1) is 12.4. The molecule has 0 spiro atoms. The van der Waals surface area contributed by atoms with Crippen molar-refractivity contribution in [1.82, 2.24) is 0 Å². The molecule has 1 aliphatic rings. The van der Waals surface area contributed by atoms with E-state index in [2.05, 4.69) is 0 Å². The van der Waals surface area contributed by atoms with E-state index < -0.39 is 17.7 Å². The van der Waals surface area contributed by atoms with Gasteiger partial charge < -0.3 is 10.0 Å². The lowest BCUT2D eigenvalue weighted by Crippen LogP contribution is -2.39. The predicted molar refractivity (Wildman–Crippen MR) is 63.7 cm³/mol. The molecule has 4 nitrogen and oxygen atoms in total. The van der Waals surface area contributed by atoms with E-state index >= 15 is 0 Å². The number of hydrogen-bond acceptors (Lipinski definition) is 3. The number of nitriles is 1. The van der Waals surface area contributed by atoms with Crippen LogP contribution in [0.2, 0.25) is 0 Å². The molecule has 1 atom stereocenters. The molecular formula is C13H13FN2O2. The highest BCUT2D eigenvalue weighted by Crippen LogP contribution is 2.27. The third-order valence-corrected chi connectivity index (χ3v) is 3.21. The van der Waals surface area contributed by atoms with Crippen molar-refractivity contribution < 1.29 is 14.3 Å². The standard InChI is InChI=1S/C13H13FN2O2/c14-11-4-1-5-12(10(11)7-15)16-6-2-3-9(8-16)13(17)18/h1,4-5,9H,2-3,6,8H2,(H,17,18)/t9-/m1/s1. The highest BCUT2D eigenvalue weighted by atomic mass is 19.1. The number of hydrogen-bond donors (Lipinski definition) is 1. The number of carboxylic acid groups (broad SMARTS) is 1. The summed E-state index contributed by atoms with van der Waals surface area (Å²) in [6, 6.07) is 6.27. The van der Waals surface area contributed by atoms with Gasteiger partial charge in [-0.2, -0.15) is 5.26 Å². The second-order valence-corrected chi connectivity index (χ2v) is 4.37. The molecule has 0 saturated carbocycles. The summed E-state index contributed by atoms with van der Waals surface area (Å²) in [6.45, 7) is 0.982. The van der Waals surface area contributed by atoms with E-state index in [1.807, 2.05) is 6.07 Å². The molecule has 0 aliphatic carbocycles. The van der Waals surface area contributed by atoms with Crippen LogP contribution >= 0.6 is 0 Å². The first-order chi connectivity index (χ1) is 8.63. The average molecular weight is 248 g/mol. The Kier molecular flexibility index (Phi) is 3.47. The molecule has 0 unspecified atom stereocenters. The molecule has 5 heteroatoms. The Labute approximate surface area is 104 Å². The minimum Gasteiger partial charge on any atom is -0.481 e. The van der Waals surface area contributed by atoms with Crippen LogP contribution in [0.5, 0.6) is 0 Å².